The van der Waals surface area contributed by atoms with Crippen molar-refractivity contribution in [2.75, 3.05) is 6.54 Å². The van der Waals surface area contributed by atoms with Gasteiger partial charge < -0.3 is 5.73 Å². The van der Waals surface area contributed by atoms with Gasteiger partial charge in [-0.05, 0) is 36.0 Å². The van der Waals surface area contributed by atoms with Crippen LogP contribution < -0.4 is 5.73 Å². The van der Waals surface area contributed by atoms with E-state index in [4.69, 9.17) is 5.73 Å². The van der Waals surface area contributed by atoms with Gasteiger partial charge in [0.1, 0.15) is 0 Å². The molecule has 2 atom stereocenters. The highest BCUT2D eigenvalue weighted by Gasteiger charge is 2.55. The summed E-state index contributed by atoms with van der Waals surface area (Å²) in [7, 11) is 0. The minimum atomic E-state index is 0.423. The van der Waals surface area contributed by atoms with Crippen molar-refractivity contribution in [3.05, 3.63) is 11.6 Å². The summed E-state index contributed by atoms with van der Waals surface area (Å²) in [5.74, 6) is 0.912. The Morgan fingerprint density at radius 3 is 2.62 bits per heavy atom. The number of hydrogen-bond acceptors (Lipinski definition) is 1. The lowest BCUT2D eigenvalue weighted by molar-refractivity contribution is 0.273. The molecule has 0 aromatic carbocycles. The maximum atomic E-state index is 5.64. The van der Waals surface area contributed by atoms with E-state index in [0.29, 0.717) is 17.4 Å². The maximum Gasteiger partial charge on any atom is 0.0109 e. The third-order valence-electron chi connectivity index (χ3n) is 4.43. The van der Waals surface area contributed by atoms with Gasteiger partial charge in [-0.3, -0.25) is 0 Å². The molecule has 0 aliphatic heterocycles. The molecule has 2 N–H and O–H groups in total. The number of rotatable bonds is 1. The van der Waals surface area contributed by atoms with Crippen LogP contribution in [0.25, 0.3) is 0 Å². The van der Waals surface area contributed by atoms with Crippen LogP contribution in [0, 0.1) is 16.7 Å². The Morgan fingerprint density at radius 1 is 1.46 bits per heavy atom. The van der Waals surface area contributed by atoms with Crippen LogP contribution in [-0.4, -0.2) is 6.54 Å². The zero-order chi connectivity index (χ0) is 9.69. The Labute approximate surface area is 81.4 Å². The van der Waals surface area contributed by atoms with Crippen LogP contribution in [-0.2, 0) is 0 Å². The van der Waals surface area contributed by atoms with E-state index in [-0.39, 0.29) is 0 Å². The third kappa shape index (κ3) is 1.10. The Morgan fingerprint density at radius 2 is 2.15 bits per heavy atom. The molecule has 0 heterocycles. The van der Waals surface area contributed by atoms with Crippen molar-refractivity contribution in [3.63, 3.8) is 0 Å². The molecule has 2 fully saturated rings. The molecule has 0 radical (unpaired) electrons. The van der Waals surface area contributed by atoms with Crippen LogP contribution >= 0.6 is 0 Å². The summed E-state index contributed by atoms with van der Waals surface area (Å²) >= 11 is 0. The lowest BCUT2D eigenvalue weighted by Crippen LogP contribution is -2.27. The molecule has 13 heavy (non-hydrogen) atoms. The smallest absolute Gasteiger partial charge is 0.0109 e. The number of allylic oxidation sites excluding steroid dienone is 1. The summed E-state index contributed by atoms with van der Waals surface area (Å²) in [4.78, 5) is 0. The largest absolute Gasteiger partial charge is 0.327 e. The highest BCUT2D eigenvalue weighted by atomic mass is 14.6. The fraction of sp³-hybridized carbons (Fsp3) is 0.833. The normalized spacial score (nSPS) is 44.6. The van der Waals surface area contributed by atoms with Crippen molar-refractivity contribution in [3.8, 4) is 0 Å². The van der Waals surface area contributed by atoms with Gasteiger partial charge in [-0.2, -0.15) is 0 Å². The summed E-state index contributed by atoms with van der Waals surface area (Å²) in [6.45, 7) is 7.91. The minimum Gasteiger partial charge on any atom is -0.327 e. The zero-order valence-electron chi connectivity index (χ0n) is 9.06. The predicted octanol–water partition coefficient (Wildman–Crippen LogP) is 2.72. The lowest BCUT2D eigenvalue weighted by atomic mass is 9.68. The first kappa shape index (κ1) is 9.26. The van der Waals surface area contributed by atoms with Gasteiger partial charge in [0.05, 0.1) is 0 Å². The SMILES string of the molecule is CC12CCC(C1)C(C)(C)C2=CCN. The summed E-state index contributed by atoms with van der Waals surface area (Å²) in [5.41, 5.74) is 8.20. The lowest BCUT2D eigenvalue weighted by Gasteiger charge is -2.37. The van der Waals surface area contributed by atoms with Crippen molar-refractivity contribution in [2.24, 2.45) is 22.5 Å². The van der Waals surface area contributed by atoms with Crippen molar-refractivity contribution >= 4 is 0 Å². The first-order valence-corrected chi connectivity index (χ1v) is 5.42. The van der Waals surface area contributed by atoms with Gasteiger partial charge in [-0.15, -0.1) is 0 Å². The quantitative estimate of drug-likeness (QED) is 0.615. The van der Waals surface area contributed by atoms with E-state index >= 15 is 0 Å². The molecule has 0 aromatic rings. The molecule has 2 rings (SSSR count). The average Bonchev–Trinajstić information content (AvgIpc) is 2.50. The fourth-order valence-electron chi connectivity index (χ4n) is 3.73. The summed E-state index contributed by atoms with van der Waals surface area (Å²) in [6, 6.07) is 0. The van der Waals surface area contributed by atoms with Crippen LogP contribution in [0.1, 0.15) is 40.0 Å². The van der Waals surface area contributed by atoms with E-state index in [1.165, 1.54) is 19.3 Å². The topological polar surface area (TPSA) is 26.0 Å². The zero-order valence-corrected chi connectivity index (χ0v) is 9.06. The average molecular weight is 179 g/mol. The number of nitrogens with two attached hydrogens (primary N) is 1. The number of fused-ring (bicyclic) bond motifs is 2. The van der Waals surface area contributed by atoms with Gasteiger partial charge in [-0.25, -0.2) is 0 Å². The highest BCUT2D eigenvalue weighted by Crippen LogP contribution is 2.65. The first-order chi connectivity index (χ1) is 6.00. The highest BCUT2D eigenvalue weighted by molar-refractivity contribution is 5.31. The predicted molar refractivity (Wildman–Crippen MR) is 56.4 cm³/mol. The molecule has 2 unspecified atom stereocenters. The van der Waals surface area contributed by atoms with Gasteiger partial charge in [0.15, 0.2) is 0 Å². The van der Waals surface area contributed by atoms with Crippen LogP contribution in [0.4, 0.5) is 0 Å². The van der Waals surface area contributed by atoms with E-state index in [1.807, 2.05) is 0 Å². The fourth-order valence-corrected chi connectivity index (χ4v) is 3.73. The summed E-state index contributed by atoms with van der Waals surface area (Å²) in [6.07, 6.45) is 6.48. The van der Waals surface area contributed by atoms with E-state index < -0.39 is 0 Å². The molecule has 2 aliphatic carbocycles. The third-order valence-corrected chi connectivity index (χ3v) is 4.43. The Kier molecular flexibility index (Phi) is 1.85. The number of hydrogen-bond donors (Lipinski definition) is 1. The van der Waals surface area contributed by atoms with Gasteiger partial charge in [-0.1, -0.05) is 32.4 Å². The second-order valence-corrected chi connectivity index (χ2v) is 5.58. The van der Waals surface area contributed by atoms with Crippen molar-refractivity contribution in [2.45, 2.75) is 40.0 Å². The van der Waals surface area contributed by atoms with Crippen LogP contribution in [0.3, 0.4) is 0 Å². The van der Waals surface area contributed by atoms with E-state index in [1.54, 1.807) is 5.57 Å². The second kappa shape index (κ2) is 2.60. The molecular weight excluding hydrogens is 158 g/mol. The van der Waals surface area contributed by atoms with Crippen molar-refractivity contribution in [1.82, 2.24) is 0 Å². The van der Waals surface area contributed by atoms with Gasteiger partial charge in [0, 0.05) is 6.54 Å². The molecule has 2 bridgehead atoms. The Hall–Kier alpha value is -0.300. The summed E-state index contributed by atoms with van der Waals surface area (Å²) < 4.78 is 0. The molecule has 1 nitrogen and oxygen atoms in total. The molecule has 2 aliphatic rings. The standard InChI is InChI=1S/C12H21N/c1-11(2)9-4-6-12(3,8-9)10(11)5-7-13/h5,9H,4,6-8,13H2,1-3H3. The van der Waals surface area contributed by atoms with E-state index in [2.05, 4.69) is 26.8 Å². The molecule has 0 aromatic heterocycles. The first-order valence-electron chi connectivity index (χ1n) is 5.42. The Balaban J connectivity index is 2.40. The molecule has 0 saturated heterocycles. The Bertz CT molecular complexity index is 245. The van der Waals surface area contributed by atoms with Crippen LogP contribution in [0.2, 0.25) is 0 Å². The minimum absolute atomic E-state index is 0.423. The maximum absolute atomic E-state index is 5.64. The molecule has 2 saturated carbocycles. The molecule has 0 amide bonds. The monoisotopic (exact) mass is 179 g/mol. The molecular formula is C12H21N. The van der Waals surface area contributed by atoms with Crippen LogP contribution in [0.15, 0.2) is 11.6 Å². The molecule has 0 spiro atoms. The molecule has 1 heteroatoms. The molecule has 74 valence electrons. The van der Waals surface area contributed by atoms with Gasteiger partial charge in [0.2, 0.25) is 0 Å². The van der Waals surface area contributed by atoms with Gasteiger partial charge in [0.25, 0.3) is 0 Å². The van der Waals surface area contributed by atoms with Crippen LogP contribution in [0.5, 0.6) is 0 Å². The van der Waals surface area contributed by atoms with Crippen molar-refractivity contribution < 1.29 is 0 Å². The second-order valence-electron chi connectivity index (χ2n) is 5.58. The van der Waals surface area contributed by atoms with E-state index in [0.717, 1.165) is 5.92 Å². The van der Waals surface area contributed by atoms with Gasteiger partial charge >= 0.3 is 0 Å². The summed E-state index contributed by atoms with van der Waals surface area (Å²) in [5, 5.41) is 0. The van der Waals surface area contributed by atoms with Crippen molar-refractivity contribution in [1.29, 1.82) is 0 Å². The van der Waals surface area contributed by atoms with E-state index in [9.17, 15) is 0 Å².